The van der Waals surface area contributed by atoms with E-state index in [0.717, 1.165) is 15.3 Å². The minimum absolute atomic E-state index is 0.0946. The van der Waals surface area contributed by atoms with Gasteiger partial charge in [0.15, 0.2) is 10.2 Å². The third kappa shape index (κ3) is 3.28. The molecular formula is C21H19N3S2. The number of thiazole rings is 1. The van der Waals surface area contributed by atoms with Gasteiger partial charge in [0, 0.05) is 0 Å². The number of aryl methyl sites for hydroxylation is 1. The topological polar surface area (TPSA) is 37.0 Å². The molecule has 0 aliphatic rings. The van der Waals surface area contributed by atoms with Gasteiger partial charge in [0.1, 0.15) is 0 Å². The maximum absolute atomic E-state index is 5.52. The van der Waals surface area contributed by atoms with Gasteiger partial charge in [-0.05, 0) is 54.0 Å². The molecule has 5 heteroatoms. The summed E-state index contributed by atoms with van der Waals surface area (Å²) in [5.41, 5.74) is 3.44. The number of nitrogens with zero attached hydrogens (tertiary/aromatic N) is 1. The van der Waals surface area contributed by atoms with Crippen LogP contribution >= 0.6 is 23.6 Å². The second-order valence-corrected chi connectivity index (χ2v) is 7.77. The van der Waals surface area contributed by atoms with E-state index in [9.17, 15) is 0 Å². The number of benzene rings is 3. The highest BCUT2D eigenvalue weighted by atomic mass is 32.1. The van der Waals surface area contributed by atoms with Gasteiger partial charge in [0.25, 0.3) is 0 Å². The first-order valence-corrected chi connectivity index (χ1v) is 9.75. The molecule has 3 aromatic carbocycles. The van der Waals surface area contributed by atoms with Gasteiger partial charge >= 0.3 is 0 Å². The fraction of sp³-hybridized carbons (Fsp3) is 0.143. The fourth-order valence-electron chi connectivity index (χ4n) is 3.18. The van der Waals surface area contributed by atoms with Gasteiger partial charge in [-0.1, -0.05) is 65.9 Å². The van der Waals surface area contributed by atoms with Crippen LogP contribution in [0.1, 0.15) is 24.1 Å². The minimum atomic E-state index is 0.0946. The summed E-state index contributed by atoms with van der Waals surface area (Å²) in [6.45, 7) is 4.20. The standard InChI is InChI=1S/C21H19N3S2/c1-13-7-5-12-18-19(13)23-21(26-18)24-20(25)22-14(2)16-11-6-9-15-8-3-4-10-17(15)16/h3-12,14H,1-2H3,(H2,22,23,24,25)/t14-/m1/s1. The van der Waals surface area contributed by atoms with Crippen molar-refractivity contribution in [1.29, 1.82) is 0 Å². The van der Waals surface area contributed by atoms with Gasteiger partial charge in [-0.3, -0.25) is 0 Å². The lowest BCUT2D eigenvalue weighted by molar-refractivity contribution is 0.729. The van der Waals surface area contributed by atoms with Crippen LogP contribution in [-0.2, 0) is 0 Å². The Morgan fingerprint density at radius 1 is 1.04 bits per heavy atom. The number of anilines is 1. The van der Waals surface area contributed by atoms with Gasteiger partial charge in [0.05, 0.1) is 16.3 Å². The molecular weight excluding hydrogens is 358 g/mol. The largest absolute Gasteiger partial charge is 0.356 e. The molecule has 0 unspecified atom stereocenters. The lowest BCUT2D eigenvalue weighted by Gasteiger charge is -2.18. The molecule has 1 aromatic heterocycles. The van der Waals surface area contributed by atoms with Crippen molar-refractivity contribution < 1.29 is 0 Å². The Morgan fingerprint density at radius 2 is 1.81 bits per heavy atom. The third-order valence-corrected chi connectivity index (χ3v) is 5.63. The van der Waals surface area contributed by atoms with Crippen molar-refractivity contribution in [2.45, 2.75) is 19.9 Å². The van der Waals surface area contributed by atoms with E-state index in [1.807, 2.05) is 0 Å². The van der Waals surface area contributed by atoms with E-state index in [-0.39, 0.29) is 6.04 Å². The van der Waals surface area contributed by atoms with E-state index in [1.54, 1.807) is 11.3 Å². The smallest absolute Gasteiger partial charge is 0.190 e. The van der Waals surface area contributed by atoms with Gasteiger partial charge in [-0.15, -0.1) is 0 Å². The molecule has 1 heterocycles. The fourth-order valence-corrected chi connectivity index (χ4v) is 4.46. The van der Waals surface area contributed by atoms with Crippen LogP contribution in [0.3, 0.4) is 0 Å². The highest BCUT2D eigenvalue weighted by Crippen LogP contribution is 2.28. The average Bonchev–Trinajstić information content (AvgIpc) is 3.05. The quantitative estimate of drug-likeness (QED) is 0.442. The van der Waals surface area contributed by atoms with Gasteiger partial charge in [-0.25, -0.2) is 4.98 Å². The molecule has 26 heavy (non-hydrogen) atoms. The molecule has 0 aliphatic carbocycles. The maximum Gasteiger partial charge on any atom is 0.190 e. The van der Waals surface area contributed by atoms with Crippen molar-refractivity contribution in [3.8, 4) is 0 Å². The van der Waals surface area contributed by atoms with E-state index in [1.165, 1.54) is 21.9 Å². The van der Waals surface area contributed by atoms with Crippen LogP contribution in [0.2, 0.25) is 0 Å². The molecule has 4 rings (SSSR count). The normalized spacial score (nSPS) is 12.2. The van der Waals surface area contributed by atoms with Gasteiger partial charge in [-0.2, -0.15) is 0 Å². The highest BCUT2D eigenvalue weighted by molar-refractivity contribution is 7.80. The Labute approximate surface area is 162 Å². The predicted molar refractivity (Wildman–Crippen MR) is 116 cm³/mol. The molecule has 0 bridgehead atoms. The molecule has 0 saturated carbocycles. The maximum atomic E-state index is 5.52. The molecule has 130 valence electrons. The third-order valence-electron chi connectivity index (χ3n) is 4.48. The van der Waals surface area contributed by atoms with E-state index >= 15 is 0 Å². The van der Waals surface area contributed by atoms with Crippen LogP contribution in [0.15, 0.2) is 60.7 Å². The van der Waals surface area contributed by atoms with E-state index < -0.39 is 0 Å². The summed E-state index contributed by atoms with van der Waals surface area (Å²) < 4.78 is 1.16. The lowest BCUT2D eigenvalue weighted by atomic mass is 10.00. The van der Waals surface area contributed by atoms with Gasteiger partial charge in [0.2, 0.25) is 0 Å². The molecule has 3 nitrogen and oxygen atoms in total. The second-order valence-electron chi connectivity index (χ2n) is 6.33. The molecule has 0 saturated heterocycles. The Hall–Kier alpha value is -2.50. The van der Waals surface area contributed by atoms with Crippen molar-refractivity contribution >= 4 is 54.8 Å². The number of hydrogen-bond acceptors (Lipinski definition) is 3. The number of hydrogen-bond donors (Lipinski definition) is 2. The summed E-state index contributed by atoms with van der Waals surface area (Å²) >= 11 is 7.13. The first-order chi connectivity index (χ1) is 12.6. The highest BCUT2D eigenvalue weighted by Gasteiger charge is 2.12. The van der Waals surface area contributed by atoms with Crippen LogP contribution < -0.4 is 10.6 Å². The van der Waals surface area contributed by atoms with Crippen LogP contribution in [0.5, 0.6) is 0 Å². The molecule has 0 fully saturated rings. The summed E-state index contributed by atoms with van der Waals surface area (Å²) in [7, 11) is 0. The molecule has 0 spiro atoms. The molecule has 0 aliphatic heterocycles. The van der Waals surface area contributed by atoms with Crippen LogP contribution in [0, 0.1) is 6.92 Å². The van der Waals surface area contributed by atoms with Crippen molar-refractivity contribution in [1.82, 2.24) is 10.3 Å². The lowest BCUT2D eigenvalue weighted by Crippen LogP contribution is -2.30. The zero-order valence-electron chi connectivity index (χ0n) is 14.6. The number of nitrogens with one attached hydrogen (secondary N) is 2. The summed E-state index contributed by atoms with van der Waals surface area (Å²) in [5, 5.41) is 10.5. The molecule has 0 radical (unpaired) electrons. The van der Waals surface area contributed by atoms with Crippen molar-refractivity contribution in [2.75, 3.05) is 5.32 Å². The molecule has 0 amide bonds. The van der Waals surface area contributed by atoms with E-state index in [2.05, 4.69) is 90.1 Å². The van der Waals surface area contributed by atoms with E-state index in [4.69, 9.17) is 12.2 Å². The average molecular weight is 378 g/mol. The molecule has 1 atom stereocenters. The zero-order chi connectivity index (χ0) is 18.1. The first-order valence-electron chi connectivity index (χ1n) is 8.53. The van der Waals surface area contributed by atoms with Crippen LogP contribution in [0.4, 0.5) is 5.13 Å². The van der Waals surface area contributed by atoms with E-state index in [0.29, 0.717) is 5.11 Å². The first kappa shape index (κ1) is 16.9. The zero-order valence-corrected chi connectivity index (χ0v) is 16.2. The molecule has 2 N–H and O–H groups in total. The monoisotopic (exact) mass is 377 g/mol. The Bertz CT molecular complexity index is 1100. The Morgan fingerprint density at radius 3 is 2.65 bits per heavy atom. The summed E-state index contributed by atoms with van der Waals surface area (Å²) in [5.74, 6) is 0. The van der Waals surface area contributed by atoms with Crippen molar-refractivity contribution in [3.63, 3.8) is 0 Å². The number of aromatic nitrogens is 1. The van der Waals surface area contributed by atoms with Crippen LogP contribution in [0.25, 0.3) is 21.0 Å². The van der Waals surface area contributed by atoms with Crippen molar-refractivity contribution in [2.24, 2.45) is 0 Å². The van der Waals surface area contributed by atoms with Crippen molar-refractivity contribution in [3.05, 3.63) is 71.8 Å². The summed E-state index contributed by atoms with van der Waals surface area (Å²) in [6.07, 6.45) is 0. The van der Waals surface area contributed by atoms with Gasteiger partial charge < -0.3 is 10.6 Å². The van der Waals surface area contributed by atoms with Crippen LogP contribution in [-0.4, -0.2) is 10.1 Å². The number of rotatable bonds is 3. The number of fused-ring (bicyclic) bond motifs is 2. The summed E-state index contributed by atoms with van der Waals surface area (Å²) in [4.78, 5) is 4.66. The number of para-hydroxylation sites is 1. The minimum Gasteiger partial charge on any atom is -0.356 e. The summed E-state index contributed by atoms with van der Waals surface area (Å²) in [6, 6.07) is 21.1. The SMILES string of the molecule is Cc1cccc2sc(NC(=S)N[C@H](C)c3cccc4ccccc34)nc12. The molecule has 4 aromatic rings. The predicted octanol–water partition coefficient (Wildman–Crippen LogP) is 5.81. The Balaban J connectivity index is 1.52. The Kier molecular flexibility index (Phi) is 4.57. The number of thiocarbonyl (C=S) groups is 1. The second kappa shape index (κ2) is 7.02.